The number of esters is 1. The molecule has 1 rings (SSSR count). The first-order chi connectivity index (χ1) is 5.79. The lowest BCUT2D eigenvalue weighted by Crippen LogP contribution is -2.09. The number of hydrogen-bond donors (Lipinski definition) is 0. The molecule has 4 heteroatoms. The van der Waals surface area contributed by atoms with Crippen LogP contribution in [0.2, 0.25) is 0 Å². The molecule has 12 heavy (non-hydrogen) atoms. The van der Waals surface area contributed by atoms with Gasteiger partial charge in [0.1, 0.15) is 12.2 Å². The third kappa shape index (κ3) is 1.45. The van der Waals surface area contributed by atoms with Crippen molar-refractivity contribution in [2.24, 2.45) is 0 Å². The Labute approximate surface area is 70.0 Å². The van der Waals surface area contributed by atoms with E-state index in [1.54, 1.807) is 18.3 Å². The smallest absolute Gasteiger partial charge is 0.354 e. The number of carbonyl (C=O) groups is 1. The van der Waals surface area contributed by atoms with Gasteiger partial charge >= 0.3 is 5.97 Å². The summed E-state index contributed by atoms with van der Waals surface area (Å²) in [5, 5.41) is 8.39. The molecule has 0 saturated heterocycles. The molecule has 0 aliphatic rings. The van der Waals surface area contributed by atoms with Gasteiger partial charge in [-0.2, -0.15) is 5.26 Å². The summed E-state index contributed by atoms with van der Waals surface area (Å²) in [6.07, 6.45) is 1.66. The van der Waals surface area contributed by atoms with Crippen LogP contribution in [0.5, 0.6) is 0 Å². The Morgan fingerprint density at radius 1 is 1.83 bits per heavy atom. The first-order valence-corrected chi connectivity index (χ1v) is 3.40. The zero-order valence-electron chi connectivity index (χ0n) is 6.65. The van der Waals surface area contributed by atoms with Crippen LogP contribution in [0.25, 0.3) is 0 Å². The predicted molar refractivity (Wildman–Crippen MR) is 41.4 cm³/mol. The molecule has 0 aliphatic carbocycles. The average molecular weight is 164 g/mol. The molecule has 62 valence electrons. The molecule has 4 nitrogen and oxygen atoms in total. The highest BCUT2D eigenvalue weighted by molar-refractivity contribution is 5.87. The summed E-state index contributed by atoms with van der Waals surface area (Å²) in [6, 6.07) is 5.26. The molecule has 0 aliphatic heterocycles. The largest absolute Gasteiger partial charge is 0.464 e. The van der Waals surface area contributed by atoms with Crippen molar-refractivity contribution in [1.29, 1.82) is 5.26 Å². The molecule has 0 saturated carbocycles. The summed E-state index contributed by atoms with van der Waals surface area (Å²) in [6.45, 7) is 0.164. The minimum atomic E-state index is -0.421. The molecule has 1 heterocycles. The summed E-state index contributed by atoms with van der Waals surface area (Å²) >= 11 is 0. The van der Waals surface area contributed by atoms with Crippen molar-refractivity contribution in [3.63, 3.8) is 0 Å². The number of nitrogens with zero attached hydrogens (tertiary/aromatic N) is 2. The van der Waals surface area contributed by atoms with E-state index in [1.165, 1.54) is 11.7 Å². The fourth-order valence-corrected chi connectivity index (χ4v) is 0.918. The molecule has 0 radical (unpaired) electrons. The molecular formula is C8H8N2O2. The van der Waals surface area contributed by atoms with Crippen molar-refractivity contribution in [3.8, 4) is 6.07 Å². The van der Waals surface area contributed by atoms with Crippen LogP contribution in [0, 0.1) is 11.3 Å². The van der Waals surface area contributed by atoms with Crippen LogP contribution in [0.15, 0.2) is 18.3 Å². The molecule has 1 aromatic rings. The van der Waals surface area contributed by atoms with Gasteiger partial charge in [0.25, 0.3) is 0 Å². The third-order valence-electron chi connectivity index (χ3n) is 1.47. The molecular weight excluding hydrogens is 156 g/mol. The monoisotopic (exact) mass is 164 g/mol. The highest BCUT2D eigenvalue weighted by Gasteiger charge is 2.09. The number of carbonyl (C=O) groups excluding carboxylic acids is 1. The van der Waals surface area contributed by atoms with Crippen molar-refractivity contribution in [2.75, 3.05) is 7.11 Å². The fourth-order valence-electron chi connectivity index (χ4n) is 0.918. The van der Waals surface area contributed by atoms with Crippen LogP contribution in [0.3, 0.4) is 0 Å². The maximum absolute atomic E-state index is 11.0. The highest BCUT2D eigenvalue weighted by Crippen LogP contribution is 2.02. The van der Waals surface area contributed by atoms with Gasteiger partial charge in [-0.1, -0.05) is 0 Å². The van der Waals surface area contributed by atoms with E-state index >= 15 is 0 Å². The molecule has 0 aromatic carbocycles. The van der Waals surface area contributed by atoms with Gasteiger partial charge in [0.2, 0.25) is 0 Å². The van der Waals surface area contributed by atoms with Gasteiger partial charge in [-0.05, 0) is 12.1 Å². The number of nitriles is 1. The SMILES string of the molecule is COC(=O)c1cccn1CC#N. The van der Waals surface area contributed by atoms with Crippen LogP contribution in [0.4, 0.5) is 0 Å². The standard InChI is InChI=1S/C8H8N2O2/c1-12-8(11)7-3-2-5-10(7)6-4-9/h2-3,5H,6H2,1H3. The number of aromatic nitrogens is 1. The number of rotatable bonds is 2. The van der Waals surface area contributed by atoms with Crippen molar-refractivity contribution >= 4 is 5.97 Å². The molecule has 0 spiro atoms. The van der Waals surface area contributed by atoms with E-state index in [0.717, 1.165) is 0 Å². The van der Waals surface area contributed by atoms with E-state index < -0.39 is 5.97 Å². The van der Waals surface area contributed by atoms with Crippen molar-refractivity contribution in [1.82, 2.24) is 4.57 Å². The molecule has 0 amide bonds. The topological polar surface area (TPSA) is 55.0 Å². The lowest BCUT2D eigenvalue weighted by atomic mass is 10.4. The van der Waals surface area contributed by atoms with Crippen molar-refractivity contribution < 1.29 is 9.53 Å². The lowest BCUT2D eigenvalue weighted by Gasteiger charge is -2.01. The van der Waals surface area contributed by atoms with E-state index in [2.05, 4.69) is 4.74 Å². The average Bonchev–Trinajstić information content (AvgIpc) is 2.52. The Balaban J connectivity index is 2.92. The Hall–Kier alpha value is -1.76. The molecule has 0 fully saturated rings. The van der Waals surface area contributed by atoms with Crippen molar-refractivity contribution in [2.45, 2.75) is 6.54 Å². The summed E-state index contributed by atoms with van der Waals surface area (Å²) in [5.41, 5.74) is 0.402. The zero-order valence-corrected chi connectivity index (χ0v) is 6.65. The Kier molecular flexibility index (Phi) is 2.49. The van der Waals surface area contributed by atoms with Crippen LogP contribution in [0.1, 0.15) is 10.5 Å². The molecule has 0 bridgehead atoms. The van der Waals surface area contributed by atoms with E-state index in [4.69, 9.17) is 5.26 Å². The molecule has 1 aromatic heterocycles. The fraction of sp³-hybridized carbons (Fsp3) is 0.250. The minimum Gasteiger partial charge on any atom is -0.464 e. The molecule has 0 atom stereocenters. The van der Waals surface area contributed by atoms with Crippen LogP contribution in [-0.2, 0) is 11.3 Å². The summed E-state index contributed by atoms with van der Waals surface area (Å²) in [7, 11) is 1.31. The lowest BCUT2D eigenvalue weighted by molar-refractivity contribution is 0.0589. The quantitative estimate of drug-likeness (QED) is 0.607. The minimum absolute atomic E-state index is 0.164. The Bertz CT molecular complexity index is 322. The number of methoxy groups -OCH3 is 1. The van der Waals surface area contributed by atoms with Crippen LogP contribution in [-0.4, -0.2) is 17.6 Å². The third-order valence-corrected chi connectivity index (χ3v) is 1.47. The maximum atomic E-state index is 11.0. The van der Waals surface area contributed by atoms with Gasteiger partial charge in [0, 0.05) is 6.20 Å². The Morgan fingerprint density at radius 2 is 2.58 bits per heavy atom. The van der Waals surface area contributed by atoms with Gasteiger partial charge in [0.15, 0.2) is 0 Å². The maximum Gasteiger partial charge on any atom is 0.354 e. The predicted octanol–water partition coefficient (Wildman–Crippen LogP) is 0.798. The van der Waals surface area contributed by atoms with Gasteiger partial charge in [-0.25, -0.2) is 4.79 Å². The summed E-state index contributed by atoms with van der Waals surface area (Å²) in [4.78, 5) is 11.0. The second-order valence-corrected chi connectivity index (χ2v) is 2.17. The summed E-state index contributed by atoms with van der Waals surface area (Å²) in [5.74, 6) is -0.421. The number of ether oxygens (including phenoxy) is 1. The first kappa shape index (κ1) is 8.34. The van der Waals surface area contributed by atoms with Gasteiger partial charge in [-0.3, -0.25) is 0 Å². The van der Waals surface area contributed by atoms with Crippen LogP contribution < -0.4 is 0 Å². The van der Waals surface area contributed by atoms with E-state index in [1.807, 2.05) is 6.07 Å². The van der Waals surface area contributed by atoms with E-state index in [9.17, 15) is 4.79 Å². The van der Waals surface area contributed by atoms with Gasteiger partial charge in [0.05, 0.1) is 13.2 Å². The summed E-state index contributed by atoms with van der Waals surface area (Å²) < 4.78 is 6.05. The van der Waals surface area contributed by atoms with Gasteiger partial charge in [-0.15, -0.1) is 0 Å². The zero-order chi connectivity index (χ0) is 8.97. The first-order valence-electron chi connectivity index (χ1n) is 3.40. The second-order valence-electron chi connectivity index (χ2n) is 2.17. The second kappa shape index (κ2) is 3.58. The molecule has 0 N–H and O–H groups in total. The van der Waals surface area contributed by atoms with Crippen LogP contribution >= 0.6 is 0 Å². The highest BCUT2D eigenvalue weighted by atomic mass is 16.5. The van der Waals surface area contributed by atoms with E-state index in [-0.39, 0.29) is 6.54 Å². The number of hydrogen-bond acceptors (Lipinski definition) is 3. The van der Waals surface area contributed by atoms with Crippen molar-refractivity contribution in [3.05, 3.63) is 24.0 Å². The van der Waals surface area contributed by atoms with E-state index in [0.29, 0.717) is 5.69 Å². The molecule has 0 unspecified atom stereocenters. The van der Waals surface area contributed by atoms with Gasteiger partial charge < -0.3 is 9.30 Å². The Morgan fingerprint density at radius 3 is 3.17 bits per heavy atom. The normalized spacial score (nSPS) is 9.00.